The van der Waals surface area contributed by atoms with E-state index in [9.17, 15) is 4.79 Å². The number of likely N-dealkylation sites (N-methyl/N-ethyl adjacent to an activating group) is 1. The molecule has 1 atom stereocenters. The molecule has 1 aliphatic carbocycles. The maximum Gasteiger partial charge on any atom is 0.247 e. The van der Waals surface area contributed by atoms with Crippen LogP contribution in [0.25, 0.3) is 0 Å². The number of amides is 1. The van der Waals surface area contributed by atoms with Gasteiger partial charge in [-0.1, -0.05) is 19.3 Å². The van der Waals surface area contributed by atoms with E-state index in [1.54, 1.807) is 10.9 Å². The summed E-state index contributed by atoms with van der Waals surface area (Å²) in [6.07, 6.45) is 9.66. The second kappa shape index (κ2) is 5.34. The molecule has 0 spiro atoms. The van der Waals surface area contributed by atoms with Crippen LogP contribution in [0, 0.1) is 0 Å². The highest BCUT2D eigenvalue weighted by Gasteiger charge is 2.26. The van der Waals surface area contributed by atoms with Crippen molar-refractivity contribution >= 4 is 5.91 Å². The fourth-order valence-corrected chi connectivity index (χ4v) is 2.57. The molecule has 2 rings (SSSR count). The Labute approximate surface area is 103 Å². The molecule has 1 saturated carbocycles. The molecule has 1 unspecified atom stereocenters. The van der Waals surface area contributed by atoms with E-state index < -0.39 is 0 Å². The minimum absolute atomic E-state index is 0.167. The zero-order valence-electron chi connectivity index (χ0n) is 10.7. The van der Waals surface area contributed by atoms with Gasteiger partial charge in [0.1, 0.15) is 6.04 Å². The van der Waals surface area contributed by atoms with Crippen molar-refractivity contribution in [2.75, 3.05) is 7.05 Å². The fraction of sp³-hybridized carbons (Fsp3) is 0.692. The predicted octanol–water partition coefficient (Wildman–Crippen LogP) is 2.24. The summed E-state index contributed by atoms with van der Waals surface area (Å²) in [6, 6.07) is 2.08. The molecule has 1 aromatic heterocycles. The van der Waals surface area contributed by atoms with Gasteiger partial charge in [0.15, 0.2) is 0 Å². The maximum absolute atomic E-state index is 12.3. The van der Waals surface area contributed by atoms with Crippen molar-refractivity contribution in [3.63, 3.8) is 0 Å². The quantitative estimate of drug-likeness (QED) is 0.805. The first-order chi connectivity index (χ1) is 8.20. The van der Waals surface area contributed by atoms with E-state index in [0.29, 0.717) is 6.04 Å². The second-order valence-corrected chi connectivity index (χ2v) is 4.90. The molecule has 0 bridgehead atoms. The average Bonchev–Trinajstić information content (AvgIpc) is 2.91. The highest BCUT2D eigenvalue weighted by molar-refractivity contribution is 5.80. The molecule has 0 saturated heterocycles. The van der Waals surface area contributed by atoms with Crippen LogP contribution in [0.1, 0.15) is 45.1 Å². The summed E-state index contributed by atoms with van der Waals surface area (Å²) < 4.78 is 1.72. The van der Waals surface area contributed by atoms with Crippen molar-refractivity contribution in [2.45, 2.75) is 51.1 Å². The Morgan fingerprint density at radius 2 is 2.12 bits per heavy atom. The van der Waals surface area contributed by atoms with Crippen LogP contribution in [0.5, 0.6) is 0 Å². The number of nitrogens with zero attached hydrogens (tertiary/aromatic N) is 3. The van der Waals surface area contributed by atoms with Crippen molar-refractivity contribution < 1.29 is 4.79 Å². The van der Waals surface area contributed by atoms with Gasteiger partial charge < -0.3 is 4.90 Å². The monoisotopic (exact) mass is 235 g/mol. The lowest BCUT2D eigenvalue weighted by molar-refractivity contribution is -0.135. The Bertz CT molecular complexity index is 355. The lowest BCUT2D eigenvalue weighted by Crippen LogP contribution is -2.41. The maximum atomic E-state index is 12.3. The Morgan fingerprint density at radius 3 is 2.71 bits per heavy atom. The molecule has 94 valence electrons. The molecular weight excluding hydrogens is 214 g/mol. The first-order valence-electron chi connectivity index (χ1n) is 6.46. The molecule has 1 heterocycles. The van der Waals surface area contributed by atoms with E-state index in [2.05, 4.69) is 5.10 Å². The number of rotatable bonds is 3. The number of hydrogen-bond acceptors (Lipinski definition) is 2. The van der Waals surface area contributed by atoms with E-state index in [-0.39, 0.29) is 11.9 Å². The summed E-state index contributed by atoms with van der Waals surface area (Å²) in [5.41, 5.74) is 0. The summed E-state index contributed by atoms with van der Waals surface area (Å²) in [5, 5.41) is 4.13. The van der Waals surface area contributed by atoms with E-state index in [1.165, 1.54) is 19.3 Å². The Hall–Kier alpha value is -1.32. The molecule has 1 aliphatic rings. The topological polar surface area (TPSA) is 38.1 Å². The Morgan fingerprint density at radius 1 is 1.41 bits per heavy atom. The number of aromatic nitrogens is 2. The van der Waals surface area contributed by atoms with Gasteiger partial charge in [-0.05, 0) is 25.8 Å². The minimum Gasteiger partial charge on any atom is -0.341 e. The summed E-state index contributed by atoms with van der Waals surface area (Å²) in [7, 11) is 1.93. The SMILES string of the molecule is CC(C(=O)N(C)C1CCCCC1)n1cccn1. The summed E-state index contributed by atoms with van der Waals surface area (Å²) in [6.45, 7) is 1.91. The number of carbonyl (C=O) groups is 1. The molecule has 1 amide bonds. The lowest BCUT2D eigenvalue weighted by atomic mass is 9.94. The number of hydrogen-bond donors (Lipinski definition) is 0. The molecule has 1 aromatic rings. The zero-order chi connectivity index (χ0) is 12.3. The Kier molecular flexibility index (Phi) is 3.82. The standard InChI is InChI=1S/C13H21N3O/c1-11(16-10-6-9-14-16)13(17)15(2)12-7-4-3-5-8-12/h6,9-12H,3-5,7-8H2,1-2H3. The largest absolute Gasteiger partial charge is 0.341 e. The average molecular weight is 235 g/mol. The van der Waals surface area contributed by atoms with Gasteiger partial charge in [-0.15, -0.1) is 0 Å². The summed E-state index contributed by atoms with van der Waals surface area (Å²) in [4.78, 5) is 14.2. The molecule has 0 aromatic carbocycles. The molecule has 4 nitrogen and oxygen atoms in total. The van der Waals surface area contributed by atoms with Crippen LogP contribution in [0.2, 0.25) is 0 Å². The van der Waals surface area contributed by atoms with E-state index in [1.807, 2.05) is 31.1 Å². The van der Waals surface area contributed by atoms with Gasteiger partial charge in [0.2, 0.25) is 5.91 Å². The van der Waals surface area contributed by atoms with Crippen LogP contribution in [-0.4, -0.2) is 33.7 Å². The third-order valence-corrected chi connectivity index (χ3v) is 3.75. The smallest absolute Gasteiger partial charge is 0.247 e. The van der Waals surface area contributed by atoms with Crippen molar-refractivity contribution in [3.8, 4) is 0 Å². The van der Waals surface area contributed by atoms with E-state index >= 15 is 0 Å². The molecule has 0 aliphatic heterocycles. The van der Waals surface area contributed by atoms with Crippen LogP contribution >= 0.6 is 0 Å². The van der Waals surface area contributed by atoms with Gasteiger partial charge in [0.05, 0.1) is 0 Å². The van der Waals surface area contributed by atoms with Crippen molar-refractivity contribution in [3.05, 3.63) is 18.5 Å². The van der Waals surface area contributed by atoms with E-state index in [4.69, 9.17) is 0 Å². The van der Waals surface area contributed by atoms with Crippen LogP contribution < -0.4 is 0 Å². The number of carbonyl (C=O) groups excluding carboxylic acids is 1. The van der Waals surface area contributed by atoms with Crippen molar-refractivity contribution in [1.29, 1.82) is 0 Å². The summed E-state index contributed by atoms with van der Waals surface area (Å²) in [5.74, 6) is 0.167. The Balaban J connectivity index is 1.98. The molecule has 17 heavy (non-hydrogen) atoms. The molecule has 1 fully saturated rings. The predicted molar refractivity (Wildman–Crippen MR) is 66.6 cm³/mol. The van der Waals surface area contributed by atoms with Crippen LogP contribution in [-0.2, 0) is 4.79 Å². The second-order valence-electron chi connectivity index (χ2n) is 4.90. The van der Waals surface area contributed by atoms with Gasteiger partial charge in [-0.3, -0.25) is 9.48 Å². The molecular formula is C13H21N3O. The molecule has 0 radical (unpaired) electrons. The highest BCUT2D eigenvalue weighted by atomic mass is 16.2. The van der Waals surface area contributed by atoms with Gasteiger partial charge in [0, 0.05) is 25.5 Å². The first kappa shape index (κ1) is 12.1. The van der Waals surface area contributed by atoms with Crippen LogP contribution in [0.3, 0.4) is 0 Å². The fourth-order valence-electron chi connectivity index (χ4n) is 2.57. The molecule has 4 heteroatoms. The lowest BCUT2D eigenvalue weighted by Gasteiger charge is -2.32. The highest BCUT2D eigenvalue weighted by Crippen LogP contribution is 2.23. The minimum atomic E-state index is -0.197. The van der Waals surface area contributed by atoms with Gasteiger partial charge in [-0.2, -0.15) is 5.10 Å². The third-order valence-electron chi connectivity index (χ3n) is 3.75. The molecule has 0 N–H and O–H groups in total. The van der Waals surface area contributed by atoms with Gasteiger partial charge in [-0.25, -0.2) is 0 Å². The van der Waals surface area contributed by atoms with Gasteiger partial charge >= 0.3 is 0 Å². The summed E-state index contributed by atoms with van der Waals surface area (Å²) >= 11 is 0. The van der Waals surface area contributed by atoms with E-state index in [0.717, 1.165) is 12.8 Å². The van der Waals surface area contributed by atoms with Gasteiger partial charge in [0.25, 0.3) is 0 Å². The normalized spacial score (nSPS) is 18.9. The first-order valence-corrected chi connectivity index (χ1v) is 6.46. The van der Waals surface area contributed by atoms with Crippen LogP contribution in [0.15, 0.2) is 18.5 Å². The van der Waals surface area contributed by atoms with Crippen molar-refractivity contribution in [2.24, 2.45) is 0 Å². The third kappa shape index (κ3) is 2.68. The zero-order valence-corrected chi connectivity index (χ0v) is 10.7. The van der Waals surface area contributed by atoms with Crippen molar-refractivity contribution in [1.82, 2.24) is 14.7 Å². The van der Waals surface area contributed by atoms with Crippen LogP contribution in [0.4, 0.5) is 0 Å².